The van der Waals surface area contributed by atoms with Gasteiger partial charge in [-0.1, -0.05) is 36.4 Å². The van der Waals surface area contributed by atoms with Crippen LogP contribution < -0.4 is 21.9 Å². The lowest BCUT2D eigenvalue weighted by atomic mass is 9.12. The van der Waals surface area contributed by atoms with E-state index in [1.54, 1.807) is 0 Å². The van der Waals surface area contributed by atoms with Crippen LogP contribution in [0.25, 0.3) is 0 Å². The molecular weight excluding hydrogens is 879 g/mol. The van der Waals surface area contributed by atoms with E-state index in [1.165, 1.54) is 32.7 Å². The summed E-state index contributed by atoms with van der Waals surface area (Å²) in [6.07, 6.45) is -7.22. The molecule has 0 saturated heterocycles. The number of thiol groups is 1. The van der Waals surface area contributed by atoms with Gasteiger partial charge in [-0.3, -0.25) is 0 Å². The summed E-state index contributed by atoms with van der Waals surface area (Å²) in [6, 6.07) is 17.1. The van der Waals surface area contributed by atoms with E-state index in [0.29, 0.717) is 0 Å². The van der Waals surface area contributed by atoms with Crippen molar-refractivity contribution in [2.75, 3.05) is 0 Å². The summed E-state index contributed by atoms with van der Waals surface area (Å²) in [6.45, 7) is 4.33. The fourth-order valence-corrected chi connectivity index (χ4v) is 7.46. The molecule has 0 N–H and O–H groups in total. The van der Waals surface area contributed by atoms with Gasteiger partial charge < -0.3 is 0 Å². The molecule has 0 aliphatic rings. The monoisotopic (exact) mass is 894 g/mol. The number of halogens is 20. The van der Waals surface area contributed by atoms with Crippen LogP contribution in [0, 0.1) is 130 Å². The predicted molar refractivity (Wildman–Crippen MR) is 177 cm³/mol. The van der Waals surface area contributed by atoms with Crippen molar-refractivity contribution in [2.45, 2.75) is 23.6 Å². The Morgan fingerprint density at radius 3 is 0.617 bits per heavy atom. The van der Waals surface area contributed by atoms with Crippen molar-refractivity contribution in [3.63, 3.8) is 0 Å². The van der Waals surface area contributed by atoms with E-state index in [-0.39, 0.29) is 0 Å². The minimum atomic E-state index is -7.22. The van der Waals surface area contributed by atoms with Gasteiger partial charge in [0.25, 0.3) is 0 Å². The third kappa shape index (κ3) is 7.00. The molecule has 316 valence electrons. The van der Waals surface area contributed by atoms with Gasteiger partial charge in [0.1, 0.15) is 52.7 Å². The Hall–Kier alpha value is -5.67. The molecule has 0 nitrogen and oxygen atoms in total. The van der Waals surface area contributed by atoms with Gasteiger partial charge in [0.15, 0.2) is 79.6 Å². The van der Waals surface area contributed by atoms with Crippen LogP contribution in [-0.2, 0) is 11.8 Å². The Labute approximate surface area is 327 Å². The first-order chi connectivity index (χ1) is 28.0. The predicted octanol–water partition coefficient (Wildman–Crippen LogP) is 9.38. The van der Waals surface area contributed by atoms with Crippen molar-refractivity contribution >= 4 is 39.8 Å². The smallest absolute Gasteiger partial charge is 0.200 e. The molecule has 22 heteroatoms. The zero-order valence-electron chi connectivity index (χ0n) is 29.2. The van der Waals surface area contributed by atoms with E-state index >= 15 is 35.1 Å². The number of rotatable bonds is 6. The molecule has 0 aliphatic carbocycles. The zero-order chi connectivity index (χ0) is 45.0. The van der Waals surface area contributed by atoms with Crippen LogP contribution in [0.5, 0.6) is 0 Å². The molecule has 0 aromatic heterocycles. The topological polar surface area (TPSA) is 0 Å². The molecular formula is C38H15BF20S. The molecule has 0 spiro atoms. The standard InChI is InChI=1S/C24BF20.C14H14S/c26-5-1(6(27)14(35)21(42)13(5)34)25(2-7(28)15(36)22(43)16(37)8(2)29,3-9(30)17(38)23(44)18(39)10(3)31)4-11(32)19(40)24(45)20(41)12(4)33;1-11-7-3-5-9-13(11)15-14-10-6-4-8-12(14)2/h;3-10H,1-2H3/q-1;/p+1. The third-order valence-electron chi connectivity index (χ3n) is 9.18. The van der Waals surface area contributed by atoms with Gasteiger partial charge in [-0.25, -0.2) is 87.8 Å². The Morgan fingerprint density at radius 1 is 0.267 bits per heavy atom. The van der Waals surface area contributed by atoms with Crippen molar-refractivity contribution < 1.29 is 87.8 Å². The molecule has 0 fully saturated rings. The Bertz CT molecular complexity index is 2290. The first-order valence-electron chi connectivity index (χ1n) is 16.0. The maximum atomic E-state index is 15.4. The highest BCUT2D eigenvalue weighted by atomic mass is 32.2. The van der Waals surface area contributed by atoms with Gasteiger partial charge >= 0.3 is 0 Å². The van der Waals surface area contributed by atoms with Gasteiger partial charge in [0, 0.05) is 22.9 Å². The molecule has 0 bridgehead atoms. The van der Waals surface area contributed by atoms with E-state index < -0.39 is 144 Å². The summed E-state index contributed by atoms with van der Waals surface area (Å²) < 4.78 is 294. The fourth-order valence-electron chi connectivity index (χ4n) is 6.38. The van der Waals surface area contributed by atoms with Crippen molar-refractivity contribution in [1.82, 2.24) is 0 Å². The molecule has 6 rings (SSSR count). The minimum absolute atomic E-state index is 1.31. The van der Waals surface area contributed by atoms with Crippen LogP contribution in [0.15, 0.2) is 58.3 Å². The average Bonchev–Trinajstić information content (AvgIpc) is 3.22. The highest BCUT2D eigenvalue weighted by Gasteiger charge is 2.52. The fraction of sp³-hybridized carbons (Fsp3) is 0.0526. The van der Waals surface area contributed by atoms with E-state index in [4.69, 9.17) is 0 Å². The molecule has 0 atom stereocenters. The summed E-state index contributed by atoms with van der Waals surface area (Å²) in [7, 11) is 0. The van der Waals surface area contributed by atoms with Crippen LogP contribution in [0.1, 0.15) is 11.1 Å². The van der Waals surface area contributed by atoms with Gasteiger partial charge in [0.05, 0.1) is 0 Å². The lowest BCUT2D eigenvalue weighted by Gasteiger charge is -2.44. The lowest BCUT2D eigenvalue weighted by Crippen LogP contribution is -2.81. The summed E-state index contributed by atoms with van der Waals surface area (Å²) in [5, 5.41) is 0. The number of hydrogen-bond acceptors (Lipinski definition) is 0. The number of hydrogen-bond donors (Lipinski definition) is 0. The highest BCUT2D eigenvalue weighted by Crippen LogP contribution is 2.31. The molecule has 0 saturated carbocycles. The van der Waals surface area contributed by atoms with E-state index in [9.17, 15) is 52.7 Å². The third-order valence-corrected chi connectivity index (χ3v) is 10.7. The summed E-state index contributed by atoms with van der Waals surface area (Å²) in [4.78, 5) is 2.79. The van der Waals surface area contributed by atoms with E-state index in [0.717, 1.165) is 0 Å². The Balaban J connectivity index is 0.000000379. The molecule has 6 aromatic rings. The first-order valence-corrected chi connectivity index (χ1v) is 16.9. The van der Waals surface area contributed by atoms with Crippen molar-refractivity contribution in [3.05, 3.63) is 176 Å². The SMILES string of the molecule is Cc1ccccc1[SH+]c1ccccc1C.Fc1c(F)c(F)c([B-](c2c(F)c(F)c(F)c(F)c2F)(c2c(F)c(F)c(F)c(F)c2F)c2c(F)c(F)c(F)c(F)c2F)c(F)c1F. The largest absolute Gasteiger partial charge is 0.207 e. The maximum absolute atomic E-state index is 15.4. The molecule has 0 aliphatic heterocycles. The van der Waals surface area contributed by atoms with Crippen LogP contribution >= 0.6 is 0 Å². The Morgan fingerprint density at radius 2 is 0.433 bits per heavy atom. The van der Waals surface area contributed by atoms with Gasteiger partial charge in [-0.2, -0.15) is 0 Å². The lowest BCUT2D eigenvalue weighted by molar-refractivity contribution is 0.378. The van der Waals surface area contributed by atoms with E-state index in [1.807, 2.05) is 0 Å². The molecule has 0 amide bonds. The van der Waals surface area contributed by atoms with Crippen LogP contribution in [0.4, 0.5) is 87.8 Å². The summed E-state index contributed by atoms with van der Waals surface area (Å²) in [5.41, 5.74) is -11.6. The van der Waals surface area contributed by atoms with Gasteiger partial charge in [-0.05, 0) is 26.0 Å². The molecule has 60 heavy (non-hydrogen) atoms. The van der Waals surface area contributed by atoms with Crippen molar-refractivity contribution in [2.24, 2.45) is 0 Å². The molecule has 0 heterocycles. The summed E-state index contributed by atoms with van der Waals surface area (Å²) in [5.74, 6) is -71.4. The average molecular weight is 894 g/mol. The normalized spacial score (nSPS) is 11.6. The van der Waals surface area contributed by atoms with Crippen LogP contribution in [0.3, 0.4) is 0 Å². The second-order valence-electron chi connectivity index (χ2n) is 12.5. The molecule has 0 unspecified atom stereocenters. The van der Waals surface area contributed by atoms with Gasteiger partial charge in [0.2, 0.25) is 0 Å². The quantitative estimate of drug-likeness (QED) is 0.0391. The van der Waals surface area contributed by atoms with E-state index in [2.05, 4.69) is 62.4 Å². The second-order valence-corrected chi connectivity index (χ2v) is 13.7. The minimum Gasteiger partial charge on any atom is -0.207 e. The highest BCUT2D eigenvalue weighted by molar-refractivity contribution is 7.78. The number of benzene rings is 6. The van der Waals surface area contributed by atoms with Crippen molar-refractivity contribution in [3.8, 4) is 0 Å². The molecule has 0 radical (unpaired) electrons. The zero-order valence-corrected chi connectivity index (χ0v) is 30.1. The van der Waals surface area contributed by atoms with Crippen molar-refractivity contribution in [1.29, 1.82) is 0 Å². The second kappa shape index (κ2) is 16.8. The molecule has 6 aromatic carbocycles. The van der Waals surface area contributed by atoms with Gasteiger partial charge in [-0.15, -0.1) is 21.9 Å². The summed E-state index contributed by atoms with van der Waals surface area (Å²) >= 11 is 1.31. The Kier molecular flexibility index (Phi) is 12.7. The van der Waals surface area contributed by atoms with Crippen LogP contribution in [-0.4, -0.2) is 6.15 Å². The van der Waals surface area contributed by atoms with Crippen LogP contribution in [0.2, 0.25) is 0 Å². The first kappa shape index (κ1) is 45.4. The number of aryl methyl sites for hydroxylation is 2. The maximum Gasteiger partial charge on any atom is 0.200 e.